The van der Waals surface area contributed by atoms with Gasteiger partial charge in [0, 0.05) is 58.0 Å². The van der Waals surface area contributed by atoms with Crippen molar-refractivity contribution in [2.75, 3.05) is 9.80 Å². The lowest BCUT2D eigenvalue weighted by Crippen LogP contribution is -2.36. The Morgan fingerprint density at radius 3 is 1.64 bits per heavy atom. The van der Waals surface area contributed by atoms with Crippen molar-refractivity contribution in [3.8, 4) is 44.5 Å². The van der Waals surface area contributed by atoms with E-state index in [1.54, 1.807) is 0 Å². The fourth-order valence-electron chi connectivity index (χ4n) is 15.3. The van der Waals surface area contributed by atoms with Crippen LogP contribution in [-0.2, 0) is 10.8 Å². The Kier molecular flexibility index (Phi) is 9.99. The van der Waals surface area contributed by atoms with Crippen LogP contribution in [0.1, 0.15) is 45.9 Å². The lowest BCUT2D eigenvalue weighted by atomic mass is 9.63. The highest BCUT2D eigenvalue weighted by atomic mass is 32.2. The van der Waals surface area contributed by atoms with Crippen molar-refractivity contribution in [3.05, 3.63) is 324 Å². The molecule has 388 valence electrons. The molecule has 0 saturated carbocycles. The molecule has 18 rings (SSSR count). The number of hydrogen-bond acceptors (Lipinski definition) is 4. The monoisotopic (exact) mass is 1090 g/mol. The second-order valence-electron chi connectivity index (χ2n) is 22.7. The van der Waals surface area contributed by atoms with Gasteiger partial charge in [-0.05, 0) is 174 Å². The zero-order chi connectivity index (χ0) is 54.5. The van der Waals surface area contributed by atoms with E-state index in [1.807, 2.05) is 23.1 Å². The molecule has 2 aliphatic heterocycles. The molecular formula is C79H50N2S2. The molecule has 0 radical (unpaired) electrons. The van der Waals surface area contributed by atoms with Crippen molar-refractivity contribution < 1.29 is 0 Å². The summed E-state index contributed by atoms with van der Waals surface area (Å²) in [6.45, 7) is 2.55. The van der Waals surface area contributed by atoms with Gasteiger partial charge in [0.2, 0.25) is 0 Å². The Morgan fingerprint density at radius 1 is 0.361 bits per heavy atom. The predicted octanol–water partition coefficient (Wildman–Crippen LogP) is 22.0. The van der Waals surface area contributed by atoms with Gasteiger partial charge < -0.3 is 9.80 Å². The first-order valence-corrected chi connectivity index (χ1v) is 30.4. The summed E-state index contributed by atoms with van der Waals surface area (Å²) in [4.78, 5) is 7.68. The molecule has 0 amide bonds. The molecule has 0 saturated heterocycles. The van der Waals surface area contributed by atoms with E-state index in [0.29, 0.717) is 0 Å². The quantitative estimate of drug-likeness (QED) is 0.164. The van der Waals surface area contributed by atoms with Gasteiger partial charge in [-0.3, -0.25) is 0 Å². The molecule has 1 aromatic heterocycles. The van der Waals surface area contributed by atoms with Crippen molar-refractivity contribution >= 4 is 88.2 Å². The molecule has 4 heteroatoms. The first-order chi connectivity index (χ1) is 41.1. The first-order valence-electron chi connectivity index (χ1n) is 28.7. The van der Waals surface area contributed by atoms with Crippen LogP contribution >= 0.6 is 23.1 Å². The van der Waals surface area contributed by atoms with Gasteiger partial charge in [-0.2, -0.15) is 0 Å². The first kappa shape index (κ1) is 47.0. The minimum atomic E-state index is -0.626. The summed E-state index contributed by atoms with van der Waals surface area (Å²) in [5.74, 6) is 0. The van der Waals surface area contributed by atoms with Gasteiger partial charge in [0.1, 0.15) is 0 Å². The van der Waals surface area contributed by atoms with Gasteiger partial charge in [0.25, 0.3) is 0 Å². The molecule has 0 N–H and O–H groups in total. The van der Waals surface area contributed by atoms with Gasteiger partial charge in [-0.25, -0.2) is 0 Å². The number of nitrogens with zero attached hydrogens (tertiary/aromatic N) is 2. The standard InChI is InChI=1S/C79H50N2S2/c1-78-62-31-14-11-29-59(62)60-30-19-36-68(75(60)78)81(67-35-20-38-71-74(67)61-44-43-56(47-72(61)82-71)80(54-23-7-3-8-24-54)55-25-9-4-10-26-55)69-48-66-77(73(76(69)78)53-42-41-51-45-50(39-40-52(51)46-53)49-21-5-2-6-22-49)83-70-37-18-17-34-65(70)79(66)63-32-15-12-27-57(63)58-28-13-16-33-64(58)79/h2-48H,1H3. The van der Waals surface area contributed by atoms with Gasteiger partial charge in [0.05, 0.1) is 22.5 Å². The number of fused-ring (bicyclic) bond motifs is 18. The minimum Gasteiger partial charge on any atom is -0.310 e. The number of rotatable bonds is 6. The summed E-state index contributed by atoms with van der Waals surface area (Å²) < 4.78 is 2.51. The predicted molar refractivity (Wildman–Crippen MR) is 349 cm³/mol. The van der Waals surface area contributed by atoms with E-state index >= 15 is 0 Å². The van der Waals surface area contributed by atoms with E-state index in [0.717, 1.165) is 17.1 Å². The fraction of sp³-hybridized carbons (Fsp3) is 0.0380. The van der Waals surface area contributed by atoms with Crippen molar-refractivity contribution in [1.82, 2.24) is 0 Å². The van der Waals surface area contributed by atoms with Crippen molar-refractivity contribution in [3.63, 3.8) is 0 Å². The van der Waals surface area contributed by atoms with E-state index in [2.05, 4.69) is 302 Å². The van der Waals surface area contributed by atoms with E-state index in [1.165, 1.54) is 141 Å². The summed E-state index contributed by atoms with van der Waals surface area (Å²) >= 11 is 3.85. The highest BCUT2D eigenvalue weighted by Gasteiger charge is 2.55. The third-order valence-electron chi connectivity index (χ3n) is 18.6. The lowest BCUT2D eigenvalue weighted by Gasteiger charge is -2.47. The largest absolute Gasteiger partial charge is 0.310 e. The maximum atomic E-state index is 2.70. The maximum absolute atomic E-state index is 2.70. The van der Waals surface area contributed by atoms with E-state index in [4.69, 9.17) is 0 Å². The Balaban J connectivity index is 0.971. The smallest absolute Gasteiger partial charge is 0.0736 e. The van der Waals surface area contributed by atoms with Crippen molar-refractivity contribution in [2.24, 2.45) is 0 Å². The van der Waals surface area contributed by atoms with Crippen LogP contribution in [0.15, 0.2) is 295 Å². The zero-order valence-corrected chi connectivity index (χ0v) is 47.0. The number of hydrogen-bond donors (Lipinski definition) is 0. The highest BCUT2D eigenvalue weighted by molar-refractivity contribution is 7.99. The summed E-state index contributed by atoms with van der Waals surface area (Å²) in [5, 5.41) is 4.96. The third-order valence-corrected chi connectivity index (χ3v) is 20.9. The van der Waals surface area contributed by atoms with Crippen LogP contribution in [-0.4, -0.2) is 0 Å². The molecule has 4 aliphatic rings. The Bertz CT molecular complexity index is 4960. The average Bonchev–Trinajstić information content (AvgIpc) is 1.67. The molecule has 0 fully saturated rings. The highest BCUT2D eigenvalue weighted by Crippen LogP contribution is 2.70. The third kappa shape index (κ3) is 6.45. The number of benzene rings is 13. The van der Waals surface area contributed by atoms with Gasteiger partial charge in [-0.15, -0.1) is 11.3 Å². The van der Waals surface area contributed by atoms with Crippen molar-refractivity contribution in [2.45, 2.75) is 27.5 Å². The molecule has 0 bridgehead atoms. The average molecular weight is 1090 g/mol. The zero-order valence-electron chi connectivity index (χ0n) is 45.3. The topological polar surface area (TPSA) is 6.48 Å². The summed E-state index contributed by atoms with van der Waals surface area (Å²) in [6.07, 6.45) is 0. The molecule has 14 aromatic rings. The van der Waals surface area contributed by atoms with E-state index in [-0.39, 0.29) is 0 Å². The Labute approximate surface area is 490 Å². The number of para-hydroxylation sites is 2. The molecule has 13 aromatic carbocycles. The molecule has 1 unspecified atom stereocenters. The van der Waals surface area contributed by atoms with Crippen LogP contribution < -0.4 is 9.80 Å². The SMILES string of the molecule is CC12c3ccccc3-c3cccc(c31)N(c1cccc3sc4cc(N(c5ccccc5)c5ccccc5)ccc4c13)c1cc3c(c(-c4ccc5cc(-c6ccccc6)ccc5c4)c12)Sc1ccccc1C31c2ccccc2-c2ccccc21. The molecule has 2 aliphatic carbocycles. The summed E-state index contributed by atoms with van der Waals surface area (Å²) in [5.41, 5.74) is 25.3. The molecular weight excluding hydrogens is 1040 g/mol. The van der Waals surface area contributed by atoms with Gasteiger partial charge >= 0.3 is 0 Å². The van der Waals surface area contributed by atoms with Crippen LogP contribution in [0.2, 0.25) is 0 Å². The normalized spacial score (nSPS) is 15.4. The Hall–Kier alpha value is -9.71. The second-order valence-corrected chi connectivity index (χ2v) is 24.9. The van der Waals surface area contributed by atoms with Crippen molar-refractivity contribution in [1.29, 1.82) is 0 Å². The number of thiophene rings is 1. The van der Waals surface area contributed by atoms with Crippen LogP contribution in [0.25, 0.3) is 75.5 Å². The molecule has 2 nitrogen and oxygen atoms in total. The second kappa shape index (κ2) is 17.6. The molecule has 3 heterocycles. The van der Waals surface area contributed by atoms with Crippen LogP contribution in [0.4, 0.5) is 34.1 Å². The maximum Gasteiger partial charge on any atom is 0.0736 e. The van der Waals surface area contributed by atoms with Crippen LogP contribution in [0, 0.1) is 0 Å². The molecule has 1 atom stereocenters. The minimum absolute atomic E-state index is 0.543. The van der Waals surface area contributed by atoms with E-state index in [9.17, 15) is 0 Å². The van der Waals surface area contributed by atoms with Gasteiger partial charge in [-0.1, -0.05) is 218 Å². The summed E-state index contributed by atoms with van der Waals surface area (Å²) in [6, 6.07) is 108. The lowest BCUT2D eigenvalue weighted by molar-refractivity contribution is 0.687. The Morgan fingerprint density at radius 2 is 0.928 bits per heavy atom. The van der Waals surface area contributed by atoms with Gasteiger partial charge in [0.15, 0.2) is 0 Å². The fourth-order valence-corrected chi connectivity index (χ4v) is 17.8. The van der Waals surface area contributed by atoms with Crippen LogP contribution in [0.5, 0.6) is 0 Å². The van der Waals surface area contributed by atoms with E-state index < -0.39 is 10.8 Å². The summed E-state index contributed by atoms with van der Waals surface area (Å²) in [7, 11) is 0. The van der Waals surface area contributed by atoms with Crippen LogP contribution in [0.3, 0.4) is 0 Å². The number of anilines is 6. The molecule has 1 spiro atoms. The molecule has 83 heavy (non-hydrogen) atoms.